The molecule has 3 rings (SSSR count). The van der Waals surface area contributed by atoms with Crippen molar-refractivity contribution in [2.45, 2.75) is 45.6 Å². The van der Waals surface area contributed by atoms with E-state index in [2.05, 4.69) is 12.2 Å². The summed E-state index contributed by atoms with van der Waals surface area (Å²) in [5, 5.41) is 14.4. The number of nitrogens with zero attached hydrogens (tertiary/aromatic N) is 3. The van der Waals surface area contributed by atoms with E-state index in [4.69, 9.17) is 9.47 Å². The van der Waals surface area contributed by atoms with Crippen molar-refractivity contribution in [2.24, 2.45) is 5.92 Å². The van der Waals surface area contributed by atoms with Crippen LogP contribution in [0, 0.1) is 16.0 Å². The van der Waals surface area contributed by atoms with E-state index in [1.807, 2.05) is 4.90 Å². The first-order chi connectivity index (χ1) is 16.3. The summed E-state index contributed by atoms with van der Waals surface area (Å²) in [6, 6.07) is 4.14. The van der Waals surface area contributed by atoms with Crippen LogP contribution in [0.15, 0.2) is 18.2 Å². The van der Waals surface area contributed by atoms with Crippen LogP contribution < -0.4 is 10.2 Å². The fourth-order valence-electron chi connectivity index (χ4n) is 4.22. The van der Waals surface area contributed by atoms with Crippen molar-refractivity contribution in [3.63, 3.8) is 0 Å². The predicted molar refractivity (Wildman–Crippen MR) is 124 cm³/mol. The molecule has 34 heavy (non-hydrogen) atoms. The van der Waals surface area contributed by atoms with Gasteiger partial charge in [-0.05, 0) is 50.7 Å². The number of amides is 2. The Hall–Kier alpha value is -3.37. The number of carbonyl (C=O) groups is 3. The van der Waals surface area contributed by atoms with E-state index in [-0.39, 0.29) is 23.4 Å². The van der Waals surface area contributed by atoms with Crippen molar-refractivity contribution in [1.82, 2.24) is 10.2 Å². The molecule has 11 nitrogen and oxygen atoms in total. The fraction of sp³-hybridized carbons (Fsp3) is 0.609. The molecule has 1 aromatic rings. The number of nitro groups is 1. The second-order valence-electron chi connectivity index (χ2n) is 8.73. The lowest BCUT2D eigenvalue weighted by Crippen LogP contribution is -2.47. The van der Waals surface area contributed by atoms with Crippen LogP contribution in [-0.4, -0.2) is 73.2 Å². The molecule has 2 aliphatic rings. The highest BCUT2D eigenvalue weighted by atomic mass is 16.6. The standard InChI is InChI=1S/C23H32N4O7/c1-3-33-23(30)26-12-8-18(9-13-26)24-21(28)15-34-22(29)17-4-5-19(20(14-17)27(31)32)25-10-6-16(2)7-11-25/h4-5,14,16,18H,3,6-13,15H2,1-2H3,(H,24,28). The first-order valence-electron chi connectivity index (χ1n) is 11.7. The molecule has 0 saturated carbocycles. The number of nitro benzene ring substituents is 1. The zero-order chi connectivity index (χ0) is 24.7. The third kappa shape index (κ3) is 6.58. The molecule has 1 aromatic carbocycles. The van der Waals surface area contributed by atoms with E-state index >= 15 is 0 Å². The Balaban J connectivity index is 1.50. The number of hydrogen-bond donors (Lipinski definition) is 1. The maximum Gasteiger partial charge on any atom is 0.409 e. The van der Waals surface area contributed by atoms with Gasteiger partial charge in [0.1, 0.15) is 5.69 Å². The highest BCUT2D eigenvalue weighted by molar-refractivity contribution is 5.93. The monoisotopic (exact) mass is 476 g/mol. The Kier molecular flexibility index (Phi) is 8.67. The molecule has 0 radical (unpaired) electrons. The van der Waals surface area contributed by atoms with Gasteiger partial charge in [-0.3, -0.25) is 14.9 Å². The van der Waals surface area contributed by atoms with Gasteiger partial charge < -0.3 is 24.6 Å². The van der Waals surface area contributed by atoms with Gasteiger partial charge in [0.15, 0.2) is 6.61 Å². The molecule has 0 unspecified atom stereocenters. The number of carbonyl (C=O) groups excluding carboxylic acids is 3. The topological polar surface area (TPSA) is 131 Å². The summed E-state index contributed by atoms with van der Waals surface area (Å²) in [6.45, 7) is 6.11. The Labute approximate surface area is 198 Å². The predicted octanol–water partition coefficient (Wildman–Crippen LogP) is 2.73. The molecule has 0 spiro atoms. The van der Waals surface area contributed by atoms with Crippen molar-refractivity contribution in [1.29, 1.82) is 0 Å². The molecule has 2 heterocycles. The SMILES string of the molecule is CCOC(=O)N1CCC(NC(=O)COC(=O)c2ccc(N3CCC(C)CC3)c([N+](=O)[O-])c2)CC1. The van der Waals surface area contributed by atoms with Crippen LogP contribution >= 0.6 is 0 Å². The van der Waals surface area contributed by atoms with Crippen molar-refractivity contribution < 1.29 is 28.8 Å². The van der Waals surface area contributed by atoms with Crippen LogP contribution in [0.4, 0.5) is 16.2 Å². The molecule has 2 saturated heterocycles. The number of rotatable bonds is 7. The lowest BCUT2D eigenvalue weighted by Gasteiger charge is -2.31. The van der Waals surface area contributed by atoms with Gasteiger partial charge in [-0.1, -0.05) is 6.92 Å². The Morgan fingerprint density at radius 1 is 1.09 bits per heavy atom. The van der Waals surface area contributed by atoms with Gasteiger partial charge in [-0.25, -0.2) is 9.59 Å². The first-order valence-corrected chi connectivity index (χ1v) is 11.7. The highest BCUT2D eigenvalue weighted by Crippen LogP contribution is 2.32. The summed E-state index contributed by atoms with van der Waals surface area (Å²) in [7, 11) is 0. The van der Waals surface area contributed by atoms with E-state index in [1.165, 1.54) is 12.1 Å². The van der Waals surface area contributed by atoms with Crippen LogP contribution in [0.25, 0.3) is 0 Å². The largest absolute Gasteiger partial charge is 0.452 e. The van der Waals surface area contributed by atoms with Crippen molar-refractivity contribution in [3.05, 3.63) is 33.9 Å². The molecular formula is C23H32N4O7. The van der Waals surface area contributed by atoms with Gasteiger partial charge in [-0.2, -0.15) is 0 Å². The van der Waals surface area contributed by atoms with E-state index < -0.39 is 23.4 Å². The van der Waals surface area contributed by atoms with Crippen LogP contribution in [-0.2, 0) is 14.3 Å². The molecular weight excluding hydrogens is 444 g/mol. The molecule has 2 fully saturated rings. The molecule has 186 valence electrons. The molecule has 1 N–H and O–H groups in total. The normalized spacial score (nSPS) is 17.2. The molecule has 0 aliphatic carbocycles. The zero-order valence-electron chi connectivity index (χ0n) is 19.7. The summed E-state index contributed by atoms with van der Waals surface area (Å²) in [6.07, 6.45) is 2.69. The molecule has 2 aliphatic heterocycles. The lowest BCUT2D eigenvalue weighted by atomic mass is 9.98. The summed E-state index contributed by atoms with van der Waals surface area (Å²) in [5.74, 6) is -0.675. The van der Waals surface area contributed by atoms with Crippen molar-refractivity contribution in [3.8, 4) is 0 Å². The number of hydrogen-bond acceptors (Lipinski definition) is 8. The van der Waals surface area contributed by atoms with E-state index in [0.29, 0.717) is 44.1 Å². The van der Waals surface area contributed by atoms with E-state index in [0.717, 1.165) is 25.9 Å². The lowest BCUT2D eigenvalue weighted by molar-refractivity contribution is -0.384. The average molecular weight is 477 g/mol. The van der Waals surface area contributed by atoms with E-state index in [1.54, 1.807) is 17.9 Å². The van der Waals surface area contributed by atoms with Gasteiger partial charge in [0.05, 0.1) is 17.1 Å². The maximum absolute atomic E-state index is 12.4. The quantitative estimate of drug-likeness (QED) is 0.361. The van der Waals surface area contributed by atoms with Gasteiger partial charge in [0.25, 0.3) is 11.6 Å². The highest BCUT2D eigenvalue weighted by Gasteiger charge is 2.27. The number of ether oxygens (including phenoxy) is 2. The first kappa shape index (κ1) is 25.3. The number of benzene rings is 1. The molecule has 11 heteroatoms. The average Bonchev–Trinajstić information content (AvgIpc) is 2.83. The summed E-state index contributed by atoms with van der Waals surface area (Å²) < 4.78 is 10.1. The van der Waals surface area contributed by atoms with Gasteiger partial charge >= 0.3 is 12.1 Å². The smallest absolute Gasteiger partial charge is 0.409 e. The Bertz CT molecular complexity index is 907. The van der Waals surface area contributed by atoms with Gasteiger partial charge in [0.2, 0.25) is 0 Å². The summed E-state index contributed by atoms with van der Waals surface area (Å²) in [4.78, 5) is 51.1. The number of esters is 1. The second-order valence-corrected chi connectivity index (χ2v) is 8.73. The molecule has 0 bridgehead atoms. The third-order valence-electron chi connectivity index (χ3n) is 6.25. The number of piperidine rings is 2. The van der Waals surface area contributed by atoms with Crippen LogP contribution in [0.3, 0.4) is 0 Å². The summed E-state index contributed by atoms with van der Waals surface area (Å²) in [5.41, 5.74) is 0.360. The Morgan fingerprint density at radius 2 is 1.76 bits per heavy atom. The second kappa shape index (κ2) is 11.7. The number of likely N-dealkylation sites (tertiary alicyclic amines) is 1. The molecule has 0 aromatic heterocycles. The summed E-state index contributed by atoms with van der Waals surface area (Å²) >= 11 is 0. The van der Waals surface area contributed by atoms with Crippen molar-refractivity contribution >= 4 is 29.3 Å². The van der Waals surface area contributed by atoms with Crippen molar-refractivity contribution in [2.75, 3.05) is 44.3 Å². The van der Waals surface area contributed by atoms with Crippen LogP contribution in [0.1, 0.15) is 49.9 Å². The third-order valence-corrected chi connectivity index (χ3v) is 6.25. The van der Waals surface area contributed by atoms with Crippen LogP contribution in [0.5, 0.6) is 0 Å². The minimum absolute atomic E-state index is 0.0244. The van der Waals surface area contributed by atoms with Gasteiger partial charge in [0, 0.05) is 38.3 Å². The number of nitrogens with one attached hydrogen (secondary N) is 1. The fourth-order valence-corrected chi connectivity index (χ4v) is 4.22. The Morgan fingerprint density at radius 3 is 2.38 bits per heavy atom. The van der Waals surface area contributed by atoms with Crippen LogP contribution in [0.2, 0.25) is 0 Å². The number of anilines is 1. The minimum atomic E-state index is -0.797. The van der Waals surface area contributed by atoms with E-state index in [9.17, 15) is 24.5 Å². The molecule has 0 atom stereocenters. The van der Waals surface area contributed by atoms with Gasteiger partial charge in [-0.15, -0.1) is 0 Å². The maximum atomic E-state index is 12.4. The molecule has 2 amide bonds. The minimum Gasteiger partial charge on any atom is -0.452 e. The zero-order valence-corrected chi connectivity index (χ0v) is 19.7.